The molecule has 0 bridgehead atoms. The standard InChI is InChI=1S/C33H50O5/c1-20(35)38-26-10-11-30(6)24(29(26,4)5)9-12-32(8)27(30)23(36)17-21-22-18-28(2,3)13-15-33(22,25(37)19-34)16-14-31(21,32)7/h17,22,24,26-27,34H,9-16,18-19H2,1-8H3/t22-,24-,26-,27+,30-,31+,32+,33-/m0/s1. The molecule has 5 heteroatoms. The molecule has 0 saturated heterocycles. The molecule has 5 aliphatic rings. The lowest BCUT2D eigenvalue weighted by Gasteiger charge is -2.70. The van der Waals surface area contributed by atoms with Crippen LogP contribution in [0.1, 0.15) is 113 Å². The summed E-state index contributed by atoms with van der Waals surface area (Å²) in [6, 6.07) is 0. The number of hydrogen-bond acceptors (Lipinski definition) is 5. The number of ether oxygens (including phenoxy) is 1. The Morgan fingerprint density at radius 1 is 0.947 bits per heavy atom. The van der Waals surface area contributed by atoms with Crippen LogP contribution in [0.2, 0.25) is 0 Å². The number of aliphatic hydroxyl groups excluding tert-OH is 1. The molecule has 1 N–H and O–H groups in total. The molecule has 0 aromatic heterocycles. The quantitative estimate of drug-likeness (QED) is 0.427. The van der Waals surface area contributed by atoms with Gasteiger partial charge in [0.05, 0.1) is 0 Å². The number of ketones is 2. The second-order valence-electron chi connectivity index (χ2n) is 15.9. The van der Waals surface area contributed by atoms with Crippen molar-refractivity contribution in [3.63, 3.8) is 0 Å². The lowest BCUT2D eigenvalue weighted by atomic mass is 9.33. The van der Waals surface area contributed by atoms with Gasteiger partial charge in [-0.15, -0.1) is 0 Å². The molecule has 5 nitrogen and oxygen atoms in total. The molecule has 0 heterocycles. The minimum absolute atomic E-state index is 0.0213. The lowest BCUT2D eigenvalue weighted by Crippen LogP contribution is -2.67. The van der Waals surface area contributed by atoms with E-state index in [2.05, 4.69) is 48.5 Å². The molecule has 0 aromatic rings. The average Bonchev–Trinajstić information content (AvgIpc) is 2.81. The summed E-state index contributed by atoms with van der Waals surface area (Å²) in [6.45, 7) is 17.3. The molecule has 5 rings (SSSR count). The first kappa shape index (κ1) is 28.1. The van der Waals surface area contributed by atoms with E-state index in [0.717, 1.165) is 57.8 Å². The number of carbonyl (C=O) groups is 3. The van der Waals surface area contributed by atoms with Gasteiger partial charge in [0.25, 0.3) is 0 Å². The highest BCUT2D eigenvalue weighted by molar-refractivity contribution is 5.96. The smallest absolute Gasteiger partial charge is 0.302 e. The zero-order valence-corrected chi connectivity index (χ0v) is 25.0. The Kier molecular flexibility index (Phi) is 6.28. The number of hydrogen-bond donors (Lipinski definition) is 1. The Bertz CT molecular complexity index is 1080. The van der Waals surface area contributed by atoms with E-state index in [1.54, 1.807) is 0 Å². The van der Waals surface area contributed by atoms with E-state index < -0.39 is 12.0 Å². The van der Waals surface area contributed by atoms with Crippen LogP contribution in [0.3, 0.4) is 0 Å². The number of aliphatic hydroxyl groups is 1. The molecule has 4 fully saturated rings. The lowest BCUT2D eigenvalue weighted by molar-refractivity contribution is -0.210. The van der Waals surface area contributed by atoms with Crippen molar-refractivity contribution in [2.24, 2.45) is 50.2 Å². The minimum Gasteiger partial charge on any atom is -0.462 e. The molecule has 0 radical (unpaired) electrons. The average molecular weight is 527 g/mol. The summed E-state index contributed by atoms with van der Waals surface area (Å²) >= 11 is 0. The van der Waals surface area contributed by atoms with Crippen molar-refractivity contribution in [3.05, 3.63) is 11.6 Å². The summed E-state index contributed by atoms with van der Waals surface area (Å²) in [7, 11) is 0. The van der Waals surface area contributed by atoms with Gasteiger partial charge in [-0.25, -0.2) is 0 Å². The topological polar surface area (TPSA) is 80.7 Å². The van der Waals surface area contributed by atoms with Gasteiger partial charge < -0.3 is 9.84 Å². The van der Waals surface area contributed by atoms with E-state index in [1.807, 2.05) is 6.08 Å². The maximum absolute atomic E-state index is 14.4. The Morgan fingerprint density at radius 3 is 2.24 bits per heavy atom. The summed E-state index contributed by atoms with van der Waals surface area (Å²) in [5.74, 6) is 0.220. The van der Waals surface area contributed by atoms with Gasteiger partial charge >= 0.3 is 5.97 Å². The van der Waals surface area contributed by atoms with Crippen LogP contribution < -0.4 is 0 Å². The van der Waals surface area contributed by atoms with Crippen molar-refractivity contribution in [3.8, 4) is 0 Å². The molecule has 4 saturated carbocycles. The molecule has 212 valence electrons. The molecule has 5 aliphatic carbocycles. The number of allylic oxidation sites excluding steroid dienone is 2. The van der Waals surface area contributed by atoms with E-state index in [1.165, 1.54) is 12.5 Å². The monoisotopic (exact) mass is 526 g/mol. The number of esters is 1. The van der Waals surface area contributed by atoms with Crippen LogP contribution in [-0.4, -0.2) is 35.4 Å². The van der Waals surface area contributed by atoms with Crippen molar-refractivity contribution in [1.29, 1.82) is 0 Å². The minimum atomic E-state index is -0.537. The second-order valence-corrected chi connectivity index (χ2v) is 15.9. The summed E-state index contributed by atoms with van der Waals surface area (Å²) in [6.07, 6.45) is 9.90. The van der Waals surface area contributed by atoms with E-state index in [4.69, 9.17) is 4.74 Å². The van der Waals surface area contributed by atoms with Gasteiger partial charge in [-0.05, 0) is 97.4 Å². The largest absolute Gasteiger partial charge is 0.462 e. The first-order chi connectivity index (χ1) is 17.5. The fourth-order valence-corrected chi connectivity index (χ4v) is 11.1. The highest BCUT2D eigenvalue weighted by Gasteiger charge is 2.71. The van der Waals surface area contributed by atoms with Crippen LogP contribution in [0.5, 0.6) is 0 Å². The third kappa shape index (κ3) is 3.55. The Hall–Kier alpha value is -1.49. The number of rotatable bonds is 3. The molecular weight excluding hydrogens is 476 g/mol. The van der Waals surface area contributed by atoms with E-state index in [0.29, 0.717) is 5.92 Å². The molecule has 8 atom stereocenters. The van der Waals surface area contributed by atoms with Crippen LogP contribution in [0.15, 0.2) is 11.6 Å². The predicted octanol–water partition coefficient (Wildman–Crippen LogP) is 6.46. The van der Waals surface area contributed by atoms with Crippen molar-refractivity contribution in [1.82, 2.24) is 0 Å². The van der Waals surface area contributed by atoms with Crippen LogP contribution in [0.25, 0.3) is 0 Å². The van der Waals surface area contributed by atoms with Gasteiger partial charge in [0.15, 0.2) is 11.6 Å². The van der Waals surface area contributed by atoms with Gasteiger partial charge in [-0.3, -0.25) is 14.4 Å². The van der Waals surface area contributed by atoms with E-state index >= 15 is 0 Å². The molecular formula is C33H50O5. The van der Waals surface area contributed by atoms with Gasteiger partial charge in [-0.2, -0.15) is 0 Å². The summed E-state index contributed by atoms with van der Waals surface area (Å²) in [5.41, 5.74) is 0.0476. The predicted molar refractivity (Wildman–Crippen MR) is 147 cm³/mol. The Labute approximate surface area is 229 Å². The molecule has 38 heavy (non-hydrogen) atoms. The molecule has 0 spiro atoms. The number of Topliss-reactive ketones (excluding diaryl/α,β-unsaturated/α-hetero) is 1. The molecule has 0 aromatic carbocycles. The van der Waals surface area contributed by atoms with Gasteiger partial charge in [-0.1, -0.05) is 54.0 Å². The second kappa shape index (κ2) is 8.51. The number of fused-ring (bicyclic) bond motifs is 7. The number of carbonyl (C=O) groups excluding carboxylic acids is 3. The third-order valence-electron chi connectivity index (χ3n) is 13.3. The highest BCUT2D eigenvalue weighted by Crippen LogP contribution is 2.75. The molecule has 0 unspecified atom stereocenters. The van der Waals surface area contributed by atoms with Gasteiger partial charge in [0.1, 0.15) is 12.7 Å². The SMILES string of the molecule is CC(=O)O[C@H]1CC[C@]2(C)[C@H]3C(=O)C=C4[C@@H]5CC(C)(C)CC[C@]5(C(=O)CO)CC[C@@]4(C)[C@]3(C)CC[C@H]2C1(C)C. The Balaban J connectivity index is 1.60. The van der Waals surface area contributed by atoms with Gasteiger partial charge in [0.2, 0.25) is 0 Å². The fourth-order valence-electron chi connectivity index (χ4n) is 11.1. The third-order valence-corrected chi connectivity index (χ3v) is 13.3. The maximum atomic E-state index is 14.4. The maximum Gasteiger partial charge on any atom is 0.302 e. The first-order valence-corrected chi connectivity index (χ1v) is 15.1. The van der Waals surface area contributed by atoms with Crippen molar-refractivity contribution in [2.75, 3.05) is 6.61 Å². The van der Waals surface area contributed by atoms with Gasteiger partial charge in [0, 0.05) is 23.7 Å². The molecule has 0 aliphatic heterocycles. The van der Waals surface area contributed by atoms with Crippen molar-refractivity contribution >= 4 is 17.5 Å². The van der Waals surface area contributed by atoms with Crippen LogP contribution >= 0.6 is 0 Å². The zero-order valence-electron chi connectivity index (χ0n) is 25.0. The highest BCUT2D eigenvalue weighted by atomic mass is 16.5. The van der Waals surface area contributed by atoms with Crippen LogP contribution in [0.4, 0.5) is 0 Å². The Morgan fingerprint density at radius 2 is 1.61 bits per heavy atom. The normalized spacial score (nSPS) is 47.0. The van der Waals surface area contributed by atoms with E-state index in [-0.39, 0.29) is 62.6 Å². The zero-order chi connectivity index (χ0) is 28.1. The summed E-state index contributed by atoms with van der Waals surface area (Å²) in [4.78, 5) is 39.7. The van der Waals surface area contributed by atoms with E-state index in [9.17, 15) is 19.5 Å². The molecule has 0 amide bonds. The first-order valence-electron chi connectivity index (χ1n) is 15.1. The fraction of sp³-hybridized carbons (Fsp3) is 0.848. The van der Waals surface area contributed by atoms with Crippen molar-refractivity contribution < 1.29 is 24.2 Å². The van der Waals surface area contributed by atoms with Crippen LogP contribution in [0, 0.1) is 50.2 Å². The summed E-state index contributed by atoms with van der Waals surface area (Å²) < 4.78 is 5.83. The van der Waals surface area contributed by atoms with Crippen LogP contribution in [-0.2, 0) is 19.1 Å². The summed E-state index contributed by atoms with van der Waals surface area (Å²) in [5, 5.41) is 10.0. The van der Waals surface area contributed by atoms with Crippen molar-refractivity contribution in [2.45, 2.75) is 119 Å².